The fourth-order valence-corrected chi connectivity index (χ4v) is 3.99. The number of nitrogens with zero attached hydrogens (tertiary/aromatic N) is 2. The number of hydrogen-bond acceptors (Lipinski definition) is 4. The third kappa shape index (κ3) is 3.61. The molecule has 0 atom stereocenters. The smallest absolute Gasteiger partial charge is 0.262 e. The monoisotopic (exact) mass is 356 g/mol. The first kappa shape index (κ1) is 17.7. The number of ether oxygens (including phenoxy) is 1. The van der Waals surface area contributed by atoms with Gasteiger partial charge in [-0.2, -0.15) is 0 Å². The maximum Gasteiger partial charge on any atom is 0.262 e. The molecule has 0 fully saturated rings. The summed E-state index contributed by atoms with van der Waals surface area (Å²) >= 11 is 1.60. The van der Waals surface area contributed by atoms with E-state index in [2.05, 4.69) is 24.0 Å². The van der Waals surface area contributed by atoms with E-state index >= 15 is 0 Å². The van der Waals surface area contributed by atoms with Gasteiger partial charge in [0.25, 0.3) is 5.56 Å². The largest absolute Gasteiger partial charge is 0.494 e. The number of aryl methyl sites for hydroxylation is 4. The second-order valence-corrected chi connectivity index (χ2v) is 7.48. The van der Waals surface area contributed by atoms with Crippen molar-refractivity contribution in [1.29, 1.82) is 0 Å². The van der Waals surface area contributed by atoms with Crippen molar-refractivity contribution in [2.75, 3.05) is 6.61 Å². The van der Waals surface area contributed by atoms with Crippen LogP contribution in [0.1, 0.15) is 35.2 Å². The van der Waals surface area contributed by atoms with Crippen molar-refractivity contribution in [3.8, 4) is 5.75 Å². The summed E-state index contributed by atoms with van der Waals surface area (Å²) in [4.78, 5) is 19.4. The maximum atomic E-state index is 12.8. The van der Waals surface area contributed by atoms with Gasteiger partial charge in [0.15, 0.2) is 0 Å². The van der Waals surface area contributed by atoms with Gasteiger partial charge in [0, 0.05) is 11.4 Å². The molecule has 0 saturated carbocycles. The fourth-order valence-electron chi connectivity index (χ4n) is 2.93. The second kappa shape index (κ2) is 7.40. The molecule has 0 spiro atoms. The van der Waals surface area contributed by atoms with Crippen LogP contribution < -0.4 is 10.3 Å². The number of thiophene rings is 1. The quantitative estimate of drug-likeness (QED) is 0.614. The zero-order valence-corrected chi connectivity index (χ0v) is 16.1. The lowest BCUT2D eigenvalue weighted by atomic mass is 10.2. The third-order valence-corrected chi connectivity index (χ3v) is 5.71. The number of fused-ring (bicyclic) bond motifs is 1. The van der Waals surface area contributed by atoms with Crippen LogP contribution in [-0.2, 0) is 13.0 Å². The molecule has 25 heavy (non-hydrogen) atoms. The molecule has 0 amide bonds. The average molecular weight is 356 g/mol. The molecule has 132 valence electrons. The molecule has 0 N–H and O–H groups in total. The minimum absolute atomic E-state index is 0.0663. The highest BCUT2D eigenvalue weighted by molar-refractivity contribution is 7.18. The minimum atomic E-state index is 0.0663. The summed E-state index contributed by atoms with van der Waals surface area (Å²) in [6.45, 7) is 9.28. The van der Waals surface area contributed by atoms with Crippen molar-refractivity contribution in [1.82, 2.24) is 9.55 Å². The molecule has 0 aliphatic heterocycles. The van der Waals surface area contributed by atoms with Crippen LogP contribution in [0.3, 0.4) is 0 Å². The summed E-state index contributed by atoms with van der Waals surface area (Å²) in [6, 6.07) is 8.18. The lowest BCUT2D eigenvalue weighted by Gasteiger charge is -2.11. The van der Waals surface area contributed by atoms with E-state index in [0.717, 1.165) is 45.1 Å². The predicted octanol–water partition coefficient (Wildman–Crippen LogP) is 4.41. The van der Waals surface area contributed by atoms with Crippen molar-refractivity contribution >= 4 is 21.6 Å². The molecule has 5 heteroatoms. The molecular weight excluding hydrogens is 332 g/mol. The lowest BCUT2D eigenvalue weighted by molar-refractivity contribution is 0.300. The molecule has 4 nitrogen and oxygen atoms in total. The van der Waals surface area contributed by atoms with Crippen molar-refractivity contribution in [3.05, 3.63) is 56.4 Å². The number of benzene rings is 1. The summed E-state index contributed by atoms with van der Waals surface area (Å²) in [5.41, 5.74) is 2.42. The molecule has 2 heterocycles. The van der Waals surface area contributed by atoms with E-state index < -0.39 is 0 Å². The molecule has 0 aliphatic rings. The Hall–Kier alpha value is -2.14. The molecular formula is C20H24N2O2S. The van der Waals surface area contributed by atoms with Gasteiger partial charge in [-0.1, -0.05) is 19.1 Å². The van der Waals surface area contributed by atoms with E-state index in [-0.39, 0.29) is 5.56 Å². The van der Waals surface area contributed by atoms with Crippen LogP contribution in [0.25, 0.3) is 10.2 Å². The number of aromatic nitrogens is 2. The van der Waals surface area contributed by atoms with E-state index in [1.807, 2.05) is 32.9 Å². The predicted molar refractivity (Wildman–Crippen MR) is 104 cm³/mol. The zero-order valence-electron chi connectivity index (χ0n) is 15.3. The van der Waals surface area contributed by atoms with Crippen LogP contribution >= 0.6 is 11.3 Å². The van der Waals surface area contributed by atoms with Crippen molar-refractivity contribution < 1.29 is 4.74 Å². The Morgan fingerprint density at radius 1 is 1.16 bits per heavy atom. The van der Waals surface area contributed by atoms with E-state index in [9.17, 15) is 4.79 Å². The van der Waals surface area contributed by atoms with Gasteiger partial charge >= 0.3 is 0 Å². The highest BCUT2D eigenvalue weighted by Crippen LogP contribution is 2.26. The summed E-state index contributed by atoms with van der Waals surface area (Å²) in [7, 11) is 0. The Labute approximate surface area is 152 Å². The molecule has 3 aromatic rings. The Balaban J connectivity index is 1.68. The Bertz CT molecular complexity index is 939. The van der Waals surface area contributed by atoms with Gasteiger partial charge in [-0.15, -0.1) is 11.3 Å². The van der Waals surface area contributed by atoms with Crippen LogP contribution in [0, 0.1) is 20.8 Å². The van der Waals surface area contributed by atoms with Crippen LogP contribution in [0.4, 0.5) is 0 Å². The lowest BCUT2D eigenvalue weighted by Crippen LogP contribution is -2.24. The molecule has 1 aromatic carbocycles. The molecule has 3 rings (SSSR count). The highest BCUT2D eigenvalue weighted by atomic mass is 32.1. The highest BCUT2D eigenvalue weighted by Gasteiger charge is 2.14. The van der Waals surface area contributed by atoms with Crippen LogP contribution in [0.15, 0.2) is 29.1 Å². The summed E-state index contributed by atoms with van der Waals surface area (Å²) in [5, 5.41) is 0.768. The van der Waals surface area contributed by atoms with Gasteiger partial charge in [-0.25, -0.2) is 4.98 Å². The fraction of sp³-hybridized carbons (Fsp3) is 0.400. The maximum absolute atomic E-state index is 12.8. The van der Waals surface area contributed by atoms with E-state index in [0.29, 0.717) is 13.2 Å². The topological polar surface area (TPSA) is 44.1 Å². The van der Waals surface area contributed by atoms with Gasteiger partial charge in [-0.05, 0) is 56.9 Å². The van der Waals surface area contributed by atoms with Gasteiger partial charge in [0.1, 0.15) is 16.4 Å². The standard InChI is InChI=1S/C20H24N2O2S/c1-5-16-7-9-17(10-8-16)24-12-6-11-22-15(4)21-19-18(20(22)23)13(2)14(3)25-19/h7-10H,5-6,11-12H2,1-4H3. The second-order valence-electron chi connectivity index (χ2n) is 6.28. The van der Waals surface area contributed by atoms with Crippen LogP contribution in [-0.4, -0.2) is 16.2 Å². The Morgan fingerprint density at radius 2 is 1.88 bits per heavy atom. The first-order valence-corrected chi connectivity index (χ1v) is 9.51. The van der Waals surface area contributed by atoms with E-state index in [1.54, 1.807) is 15.9 Å². The summed E-state index contributed by atoms with van der Waals surface area (Å²) in [5.74, 6) is 1.64. The van der Waals surface area contributed by atoms with Crippen molar-refractivity contribution in [2.24, 2.45) is 0 Å². The van der Waals surface area contributed by atoms with Crippen molar-refractivity contribution in [2.45, 2.75) is 47.1 Å². The molecule has 0 radical (unpaired) electrons. The summed E-state index contributed by atoms with van der Waals surface area (Å²) in [6.07, 6.45) is 1.80. The molecule has 0 aliphatic carbocycles. The van der Waals surface area contributed by atoms with Crippen LogP contribution in [0.2, 0.25) is 0 Å². The van der Waals surface area contributed by atoms with Crippen LogP contribution in [0.5, 0.6) is 5.75 Å². The Morgan fingerprint density at radius 3 is 2.56 bits per heavy atom. The average Bonchev–Trinajstić information content (AvgIpc) is 2.88. The van der Waals surface area contributed by atoms with Crippen molar-refractivity contribution in [3.63, 3.8) is 0 Å². The number of hydrogen-bond donors (Lipinski definition) is 0. The van der Waals surface area contributed by atoms with Gasteiger partial charge in [0.2, 0.25) is 0 Å². The molecule has 2 aromatic heterocycles. The first-order chi connectivity index (χ1) is 12.0. The van der Waals surface area contributed by atoms with E-state index in [1.165, 1.54) is 5.56 Å². The molecule has 0 unspecified atom stereocenters. The minimum Gasteiger partial charge on any atom is -0.494 e. The third-order valence-electron chi connectivity index (χ3n) is 4.61. The SMILES string of the molecule is CCc1ccc(OCCCn2c(C)nc3sc(C)c(C)c3c2=O)cc1. The molecule has 0 bridgehead atoms. The summed E-state index contributed by atoms with van der Waals surface area (Å²) < 4.78 is 7.56. The number of rotatable bonds is 6. The van der Waals surface area contributed by atoms with Gasteiger partial charge < -0.3 is 4.74 Å². The zero-order chi connectivity index (χ0) is 18.0. The molecule has 0 saturated heterocycles. The van der Waals surface area contributed by atoms with Gasteiger partial charge in [0.05, 0.1) is 12.0 Å². The Kier molecular flexibility index (Phi) is 5.23. The van der Waals surface area contributed by atoms with E-state index in [4.69, 9.17) is 4.74 Å². The normalized spacial score (nSPS) is 11.2. The first-order valence-electron chi connectivity index (χ1n) is 8.70. The van der Waals surface area contributed by atoms with Gasteiger partial charge in [-0.3, -0.25) is 9.36 Å².